The molecule has 6 nitrogen and oxygen atoms in total. The van der Waals surface area contributed by atoms with Gasteiger partial charge in [-0.1, -0.05) is 6.92 Å². The minimum Gasteiger partial charge on any atom is -0.464 e. The lowest BCUT2D eigenvalue weighted by Crippen LogP contribution is -2.48. The van der Waals surface area contributed by atoms with Crippen LogP contribution in [0.1, 0.15) is 17.4 Å². The second-order valence-corrected chi connectivity index (χ2v) is 4.91. The highest BCUT2D eigenvalue weighted by Crippen LogP contribution is 2.19. The first-order valence-electron chi connectivity index (χ1n) is 6.29. The molecule has 1 fully saturated rings. The molecule has 0 aliphatic carbocycles. The molecule has 0 radical (unpaired) electrons. The van der Waals surface area contributed by atoms with Crippen LogP contribution in [-0.2, 0) is 16.6 Å². The average molecular weight is 265 g/mol. The quantitative estimate of drug-likeness (QED) is 0.782. The number of rotatable bonds is 4. The third-order valence-corrected chi connectivity index (χ3v) is 3.60. The van der Waals surface area contributed by atoms with Crippen LogP contribution < -0.4 is 10.6 Å². The van der Waals surface area contributed by atoms with Gasteiger partial charge >= 0.3 is 5.97 Å². The highest BCUT2D eigenvalue weighted by Gasteiger charge is 2.29. The topological polar surface area (TPSA) is 72.4 Å². The first kappa shape index (κ1) is 13.6. The first-order valence-corrected chi connectivity index (χ1v) is 6.29. The van der Waals surface area contributed by atoms with Gasteiger partial charge in [0.05, 0.1) is 12.8 Å². The number of methoxy groups -OCH3 is 1. The fraction of sp³-hybridized carbons (Fsp3) is 0.538. The Morgan fingerprint density at radius 3 is 2.74 bits per heavy atom. The van der Waals surface area contributed by atoms with Gasteiger partial charge in [-0.05, 0) is 25.1 Å². The van der Waals surface area contributed by atoms with Crippen LogP contribution in [0.2, 0.25) is 0 Å². The number of aromatic nitrogens is 1. The predicted octanol–water partition coefficient (Wildman–Crippen LogP) is 0.606. The lowest BCUT2D eigenvalue weighted by Gasteiger charge is -2.31. The molecule has 1 aromatic heterocycles. The van der Waals surface area contributed by atoms with E-state index in [9.17, 15) is 9.59 Å². The monoisotopic (exact) mass is 265 g/mol. The van der Waals surface area contributed by atoms with Crippen LogP contribution in [0.25, 0.3) is 0 Å². The lowest BCUT2D eigenvalue weighted by molar-refractivity contribution is -0.121. The maximum atomic E-state index is 12.0. The van der Waals surface area contributed by atoms with E-state index < -0.39 is 5.97 Å². The molecule has 2 N–H and O–H groups in total. The van der Waals surface area contributed by atoms with Crippen LogP contribution in [0.5, 0.6) is 0 Å². The lowest BCUT2D eigenvalue weighted by atomic mass is 9.88. The molecule has 2 rings (SSSR count). The number of aryl methyl sites for hydroxylation is 1. The second-order valence-electron chi connectivity index (χ2n) is 4.91. The molecular weight excluding hydrogens is 246 g/mol. The molecule has 0 aromatic carbocycles. The molecule has 1 aromatic rings. The smallest absolute Gasteiger partial charge is 0.354 e. The number of carbonyl (C=O) groups excluding carboxylic acids is 2. The van der Waals surface area contributed by atoms with Gasteiger partial charge in [-0.15, -0.1) is 0 Å². The number of carbonyl (C=O) groups is 2. The van der Waals surface area contributed by atoms with E-state index in [1.807, 2.05) is 6.92 Å². The summed E-state index contributed by atoms with van der Waals surface area (Å²) in [6, 6.07) is 1.62. The van der Waals surface area contributed by atoms with E-state index in [2.05, 4.69) is 15.4 Å². The summed E-state index contributed by atoms with van der Waals surface area (Å²) in [5.74, 6) is -0.0837. The Kier molecular flexibility index (Phi) is 3.90. The van der Waals surface area contributed by atoms with E-state index >= 15 is 0 Å². The summed E-state index contributed by atoms with van der Waals surface area (Å²) in [4.78, 5) is 23.5. The zero-order chi connectivity index (χ0) is 14.0. The molecule has 1 saturated heterocycles. The maximum Gasteiger partial charge on any atom is 0.354 e. The van der Waals surface area contributed by atoms with Gasteiger partial charge in [-0.2, -0.15) is 0 Å². The first-order chi connectivity index (χ1) is 9.02. The molecule has 1 atom stereocenters. The van der Waals surface area contributed by atoms with E-state index in [1.165, 1.54) is 7.11 Å². The van der Waals surface area contributed by atoms with Gasteiger partial charge in [-0.3, -0.25) is 4.79 Å². The number of amides is 1. The van der Waals surface area contributed by atoms with Crippen LogP contribution in [0, 0.1) is 11.8 Å². The number of hydrogen-bond acceptors (Lipinski definition) is 4. The van der Waals surface area contributed by atoms with E-state index in [0.717, 1.165) is 13.1 Å². The summed E-state index contributed by atoms with van der Waals surface area (Å²) < 4.78 is 6.30. The summed E-state index contributed by atoms with van der Waals surface area (Å²) in [5.41, 5.74) is 1.03. The minimum absolute atomic E-state index is 0.0199. The van der Waals surface area contributed by atoms with E-state index in [1.54, 1.807) is 23.9 Å². The molecule has 0 bridgehead atoms. The Bertz CT molecular complexity index is 491. The summed E-state index contributed by atoms with van der Waals surface area (Å²) in [6.45, 7) is 3.69. The highest BCUT2D eigenvalue weighted by molar-refractivity contribution is 5.95. The third kappa shape index (κ3) is 2.78. The summed E-state index contributed by atoms with van der Waals surface area (Å²) in [7, 11) is 3.07. The molecule has 104 valence electrons. The summed E-state index contributed by atoms with van der Waals surface area (Å²) in [5, 5.41) is 5.99. The Labute approximate surface area is 112 Å². The van der Waals surface area contributed by atoms with Crippen molar-refractivity contribution in [3.05, 3.63) is 18.0 Å². The molecule has 1 unspecified atom stereocenters. The minimum atomic E-state index is -0.417. The molecule has 1 aliphatic rings. The van der Waals surface area contributed by atoms with Gasteiger partial charge in [0, 0.05) is 19.2 Å². The molecule has 1 aliphatic heterocycles. The number of anilines is 1. The van der Waals surface area contributed by atoms with Crippen LogP contribution >= 0.6 is 0 Å². The zero-order valence-electron chi connectivity index (χ0n) is 11.4. The van der Waals surface area contributed by atoms with Gasteiger partial charge in [0.1, 0.15) is 5.69 Å². The molecule has 1 amide bonds. The van der Waals surface area contributed by atoms with Crippen LogP contribution in [0.3, 0.4) is 0 Å². The molecule has 0 saturated carbocycles. The maximum absolute atomic E-state index is 12.0. The van der Waals surface area contributed by atoms with Gasteiger partial charge in [0.2, 0.25) is 5.91 Å². The van der Waals surface area contributed by atoms with Crippen molar-refractivity contribution in [2.75, 3.05) is 25.5 Å². The van der Waals surface area contributed by atoms with Crippen LogP contribution in [0.15, 0.2) is 12.3 Å². The normalized spacial score (nSPS) is 16.6. The average Bonchev–Trinajstić information content (AvgIpc) is 2.66. The van der Waals surface area contributed by atoms with Crippen molar-refractivity contribution in [1.29, 1.82) is 0 Å². The third-order valence-electron chi connectivity index (χ3n) is 3.60. The van der Waals surface area contributed by atoms with E-state index in [4.69, 9.17) is 0 Å². The van der Waals surface area contributed by atoms with E-state index in [-0.39, 0.29) is 11.8 Å². The van der Waals surface area contributed by atoms with Gasteiger partial charge < -0.3 is 19.9 Å². The fourth-order valence-electron chi connectivity index (χ4n) is 2.08. The van der Waals surface area contributed by atoms with Crippen molar-refractivity contribution in [2.24, 2.45) is 18.9 Å². The second kappa shape index (κ2) is 5.44. The van der Waals surface area contributed by atoms with Crippen molar-refractivity contribution in [3.63, 3.8) is 0 Å². The molecule has 19 heavy (non-hydrogen) atoms. The fourth-order valence-corrected chi connectivity index (χ4v) is 2.08. The Morgan fingerprint density at radius 1 is 1.53 bits per heavy atom. The van der Waals surface area contributed by atoms with Crippen molar-refractivity contribution < 1.29 is 14.3 Å². The van der Waals surface area contributed by atoms with Crippen LogP contribution in [0.4, 0.5) is 5.69 Å². The highest BCUT2D eigenvalue weighted by atomic mass is 16.5. The van der Waals surface area contributed by atoms with Gasteiger partial charge in [0.15, 0.2) is 0 Å². The number of hydrogen-bond donors (Lipinski definition) is 2. The molecule has 6 heteroatoms. The Morgan fingerprint density at radius 2 is 2.21 bits per heavy atom. The number of nitrogens with one attached hydrogen (secondary N) is 2. The Hall–Kier alpha value is -1.82. The molecular formula is C13H19N3O3. The molecule has 2 heterocycles. The zero-order valence-corrected chi connectivity index (χ0v) is 11.4. The van der Waals surface area contributed by atoms with Crippen molar-refractivity contribution in [2.45, 2.75) is 6.92 Å². The summed E-state index contributed by atoms with van der Waals surface area (Å²) in [6.07, 6.45) is 1.70. The van der Waals surface area contributed by atoms with Crippen LogP contribution in [-0.4, -0.2) is 36.6 Å². The standard InChI is InChI=1S/C13H19N3O3/c1-8(9-5-14-6-9)12(17)15-10-4-11(13(18)19-3)16(2)7-10/h4,7-9,14H,5-6H2,1-3H3,(H,15,17). The largest absolute Gasteiger partial charge is 0.464 e. The van der Waals surface area contributed by atoms with Crippen molar-refractivity contribution in [1.82, 2.24) is 9.88 Å². The molecule has 0 spiro atoms. The van der Waals surface area contributed by atoms with Crippen molar-refractivity contribution in [3.8, 4) is 0 Å². The van der Waals surface area contributed by atoms with Gasteiger partial charge in [-0.25, -0.2) is 4.79 Å². The Balaban J connectivity index is 2.02. The summed E-state index contributed by atoms with van der Waals surface area (Å²) >= 11 is 0. The predicted molar refractivity (Wildman–Crippen MR) is 70.9 cm³/mol. The number of nitrogens with zero attached hydrogens (tertiary/aromatic N) is 1. The number of ether oxygens (including phenoxy) is 1. The number of esters is 1. The van der Waals surface area contributed by atoms with Gasteiger partial charge in [0.25, 0.3) is 0 Å². The van der Waals surface area contributed by atoms with E-state index in [0.29, 0.717) is 17.3 Å². The SMILES string of the molecule is COC(=O)c1cc(NC(=O)C(C)C2CNC2)cn1C. The van der Waals surface area contributed by atoms with Crippen molar-refractivity contribution >= 4 is 17.6 Å².